The molecule has 21 heavy (non-hydrogen) atoms. The van der Waals surface area contributed by atoms with E-state index in [-0.39, 0.29) is 18.6 Å². The van der Waals surface area contributed by atoms with Gasteiger partial charge in [-0.1, -0.05) is 41.0 Å². The second kappa shape index (κ2) is 7.04. The Morgan fingerprint density at radius 1 is 1.33 bits per heavy atom. The van der Waals surface area contributed by atoms with Crippen molar-refractivity contribution < 1.29 is 9.26 Å². The highest BCUT2D eigenvalue weighted by Gasteiger charge is 2.14. The number of aromatic nitrogens is 2. The van der Waals surface area contributed by atoms with E-state index in [4.69, 9.17) is 9.26 Å². The van der Waals surface area contributed by atoms with Gasteiger partial charge in [0.15, 0.2) is 12.4 Å². The van der Waals surface area contributed by atoms with Crippen LogP contribution >= 0.6 is 15.9 Å². The highest BCUT2D eigenvalue weighted by atomic mass is 79.9. The van der Waals surface area contributed by atoms with E-state index in [1.165, 1.54) is 0 Å². The molecule has 1 aromatic carbocycles. The first kappa shape index (κ1) is 16.0. The summed E-state index contributed by atoms with van der Waals surface area (Å²) in [5, 5.41) is 7.14. The van der Waals surface area contributed by atoms with Crippen molar-refractivity contribution in [3.63, 3.8) is 0 Å². The molecule has 1 N–H and O–H groups in total. The van der Waals surface area contributed by atoms with Crippen molar-refractivity contribution in [2.24, 2.45) is 0 Å². The number of hydrogen-bond acceptors (Lipinski definition) is 5. The lowest BCUT2D eigenvalue weighted by Crippen LogP contribution is -2.13. The van der Waals surface area contributed by atoms with E-state index in [0.717, 1.165) is 15.8 Å². The summed E-state index contributed by atoms with van der Waals surface area (Å²) in [7, 11) is 1.92. The number of nitrogens with one attached hydrogen (secondary N) is 1. The predicted octanol–water partition coefficient (Wildman–Crippen LogP) is 3.81. The van der Waals surface area contributed by atoms with Gasteiger partial charge in [0.2, 0.25) is 0 Å². The number of halogens is 1. The summed E-state index contributed by atoms with van der Waals surface area (Å²) in [6.45, 7) is 6.40. The van der Waals surface area contributed by atoms with Gasteiger partial charge in [-0.2, -0.15) is 4.98 Å². The van der Waals surface area contributed by atoms with Crippen molar-refractivity contribution in [3.8, 4) is 5.75 Å². The maximum atomic E-state index is 5.85. The van der Waals surface area contributed by atoms with Crippen molar-refractivity contribution in [2.45, 2.75) is 39.3 Å². The second-order valence-electron chi connectivity index (χ2n) is 5.18. The Balaban J connectivity index is 2.13. The third-order valence-corrected chi connectivity index (χ3v) is 3.72. The highest BCUT2D eigenvalue weighted by Crippen LogP contribution is 2.29. The van der Waals surface area contributed by atoms with Crippen LogP contribution in [0.3, 0.4) is 0 Å². The monoisotopic (exact) mass is 353 g/mol. The SMILES string of the molecule is CNC(C)c1ccc(Br)cc1OCc1nc(C(C)C)no1. The van der Waals surface area contributed by atoms with Crippen LogP contribution in [0.2, 0.25) is 0 Å². The van der Waals surface area contributed by atoms with Gasteiger partial charge in [-0.3, -0.25) is 0 Å². The Morgan fingerprint density at radius 2 is 2.10 bits per heavy atom. The molecule has 2 aromatic rings. The Hall–Kier alpha value is -1.40. The number of ether oxygens (including phenoxy) is 1. The van der Waals surface area contributed by atoms with E-state index in [1.807, 2.05) is 39.1 Å². The average Bonchev–Trinajstić information content (AvgIpc) is 2.93. The molecule has 0 bridgehead atoms. The molecular weight excluding hydrogens is 334 g/mol. The van der Waals surface area contributed by atoms with Crippen LogP contribution in [0.1, 0.15) is 50.0 Å². The number of rotatable bonds is 6. The van der Waals surface area contributed by atoms with Crippen molar-refractivity contribution in [1.82, 2.24) is 15.5 Å². The second-order valence-corrected chi connectivity index (χ2v) is 6.10. The molecule has 1 unspecified atom stereocenters. The summed E-state index contributed by atoms with van der Waals surface area (Å²) in [6, 6.07) is 6.18. The standard InChI is InChI=1S/C15H20BrN3O2/c1-9(2)15-18-14(21-19-15)8-20-13-7-11(16)5-6-12(13)10(3)17-4/h5-7,9-10,17H,8H2,1-4H3. The maximum Gasteiger partial charge on any atom is 0.264 e. The van der Waals surface area contributed by atoms with E-state index in [2.05, 4.69) is 38.3 Å². The molecule has 5 nitrogen and oxygen atoms in total. The molecule has 0 saturated heterocycles. The fourth-order valence-corrected chi connectivity index (χ4v) is 2.19. The summed E-state index contributed by atoms with van der Waals surface area (Å²) in [5.41, 5.74) is 1.09. The van der Waals surface area contributed by atoms with Crippen molar-refractivity contribution in [3.05, 3.63) is 40.0 Å². The zero-order valence-corrected chi connectivity index (χ0v) is 14.3. The Bertz CT molecular complexity index is 598. The van der Waals surface area contributed by atoms with E-state index in [1.54, 1.807) is 0 Å². The minimum absolute atomic E-state index is 0.196. The topological polar surface area (TPSA) is 60.2 Å². The van der Waals surface area contributed by atoms with E-state index < -0.39 is 0 Å². The molecule has 0 aliphatic carbocycles. The zero-order valence-electron chi connectivity index (χ0n) is 12.7. The normalized spacial score (nSPS) is 12.7. The summed E-state index contributed by atoms with van der Waals surface area (Å²) in [6.07, 6.45) is 0. The van der Waals surface area contributed by atoms with Crippen LogP contribution in [0, 0.1) is 0 Å². The minimum Gasteiger partial charge on any atom is -0.483 e. The van der Waals surface area contributed by atoms with Gasteiger partial charge in [0.25, 0.3) is 5.89 Å². The molecule has 0 spiro atoms. The van der Waals surface area contributed by atoms with Gasteiger partial charge >= 0.3 is 0 Å². The van der Waals surface area contributed by atoms with Gasteiger partial charge in [-0.05, 0) is 26.1 Å². The summed E-state index contributed by atoms with van der Waals surface area (Å²) >= 11 is 3.46. The van der Waals surface area contributed by atoms with Crippen LogP contribution in [0.5, 0.6) is 5.75 Å². The molecule has 1 aromatic heterocycles. The fourth-order valence-electron chi connectivity index (χ4n) is 1.85. The van der Waals surface area contributed by atoms with Crippen molar-refractivity contribution in [2.75, 3.05) is 7.05 Å². The van der Waals surface area contributed by atoms with Gasteiger partial charge in [0.1, 0.15) is 5.75 Å². The van der Waals surface area contributed by atoms with Crippen LogP contribution in [0.25, 0.3) is 0 Å². The number of nitrogens with zero attached hydrogens (tertiary/aromatic N) is 2. The molecule has 6 heteroatoms. The lowest BCUT2D eigenvalue weighted by atomic mass is 10.1. The first-order valence-electron chi connectivity index (χ1n) is 6.93. The third-order valence-electron chi connectivity index (χ3n) is 3.23. The molecular formula is C15H20BrN3O2. The lowest BCUT2D eigenvalue weighted by Gasteiger charge is -2.16. The smallest absolute Gasteiger partial charge is 0.264 e. The summed E-state index contributed by atoms with van der Waals surface area (Å²) in [4.78, 5) is 4.31. The molecule has 0 aliphatic rings. The molecule has 1 heterocycles. The summed E-state index contributed by atoms with van der Waals surface area (Å²) < 4.78 is 12.0. The van der Waals surface area contributed by atoms with Crippen LogP contribution in [0.4, 0.5) is 0 Å². The largest absolute Gasteiger partial charge is 0.483 e. The molecule has 0 fully saturated rings. The van der Waals surface area contributed by atoms with Crippen LogP contribution in [-0.4, -0.2) is 17.2 Å². The van der Waals surface area contributed by atoms with Gasteiger partial charge in [0, 0.05) is 22.0 Å². The molecule has 0 radical (unpaired) electrons. The Kier molecular flexibility index (Phi) is 5.36. The molecule has 0 saturated carbocycles. The van der Waals surface area contributed by atoms with E-state index >= 15 is 0 Å². The quantitative estimate of drug-likeness (QED) is 0.855. The first-order chi connectivity index (χ1) is 10.0. The molecule has 2 rings (SSSR count). The van der Waals surface area contributed by atoms with Gasteiger partial charge in [-0.25, -0.2) is 0 Å². The predicted molar refractivity (Wildman–Crippen MR) is 84.3 cm³/mol. The lowest BCUT2D eigenvalue weighted by molar-refractivity contribution is 0.239. The van der Waals surface area contributed by atoms with Gasteiger partial charge < -0.3 is 14.6 Å². The number of hydrogen-bond donors (Lipinski definition) is 1. The van der Waals surface area contributed by atoms with Gasteiger partial charge in [-0.15, -0.1) is 0 Å². The Morgan fingerprint density at radius 3 is 2.71 bits per heavy atom. The molecule has 1 atom stereocenters. The van der Waals surface area contributed by atoms with Crippen LogP contribution in [0.15, 0.2) is 27.2 Å². The minimum atomic E-state index is 0.196. The van der Waals surface area contributed by atoms with E-state index in [9.17, 15) is 0 Å². The molecule has 0 amide bonds. The first-order valence-corrected chi connectivity index (χ1v) is 7.72. The zero-order chi connectivity index (χ0) is 15.4. The Labute approximate surface area is 133 Å². The van der Waals surface area contributed by atoms with Crippen molar-refractivity contribution >= 4 is 15.9 Å². The summed E-state index contributed by atoms with van der Waals surface area (Å²) in [5.74, 6) is 2.23. The van der Waals surface area contributed by atoms with Crippen LogP contribution < -0.4 is 10.1 Å². The third kappa shape index (κ3) is 4.04. The fraction of sp³-hybridized carbons (Fsp3) is 0.467. The molecule has 114 valence electrons. The molecule has 0 aliphatic heterocycles. The average molecular weight is 354 g/mol. The number of benzene rings is 1. The maximum absolute atomic E-state index is 5.85. The van der Waals surface area contributed by atoms with Crippen LogP contribution in [-0.2, 0) is 6.61 Å². The van der Waals surface area contributed by atoms with E-state index in [0.29, 0.717) is 11.7 Å². The highest BCUT2D eigenvalue weighted by molar-refractivity contribution is 9.10. The van der Waals surface area contributed by atoms with Gasteiger partial charge in [0.05, 0.1) is 0 Å². The van der Waals surface area contributed by atoms with Crippen molar-refractivity contribution in [1.29, 1.82) is 0 Å².